The van der Waals surface area contributed by atoms with E-state index in [1.807, 2.05) is 12.3 Å². The van der Waals surface area contributed by atoms with Crippen LogP contribution in [0.3, 0.4) is 0 Å². The minimum atomic E-state index is 0.899. The number of hydrogen-bond donors (Lipinski definition) is 0. The lowest BCUT2D eigenvalue weighted by Gasteiger charge is -2.10. The predicted molar refractivity (Wildman–Crippen MR) is 195 cm³/mol. The van der Waals surface area contributed by atoms with Gasteiger partial charge >= 0.3 is 0 Å². The Morgan fingerprint density at radius 1 is 0.383 bits per heavy atom. The lowest BCUT2D eigenvalue weighted by Crippen LogP contribution is -1.98. The van der Waals surface area contributed by atoms with Gasteiger partial charge in [-0.05, 0) is 72.3 Å². The fraction of sp³-hybridized carbons (Fsp3) is 0. The van der Waals surface area contributed by atoms with E-state index in [2.05, 4.69) is 172 Å². The Labute approximate surface area is 271 Å². The van der Waals surface area contributed by atoms with Gasteiger partial charge in [-0.1, -0.05) is 91.0 Å². The van der Waals surface area contributed by atoms with Crippen molar-refractivity contribution >= 4 is 54.5 Å². The number of para-hydroxylation sites is 3. The van der Waals surface area contributed by atoms with E-state index in [4.69, 9.17) is 4.98 Å². The molecule has 0 aliphatic rings. The van der Waals surface area contributed by atoms with Crippen molar-refractivity contribution in [2.24, 2.45) is 0 Å². The van der Waals surface area contributed by atoms with Gasteiger partial charge in [-0.15, -0.1) is 0 Å². The lowest BCUT2D eigenvalue weighted by atomic mass is 10.1. The molecule has 47 heavy (non-hydrogen) atoms. The van der Waals surface area contributed by atoms with E-state index in [0.717, 1.165) is 44.9 Å². The molecular formula is C43H28N4. The zero-order valence-corrected chi connectivity index (χ0v) is 25.5. The van der Waals surface area contributed by atoms with Crippen molar-refractivity contribution in [3.8, 4) is 28.3 Å². The molecule has 220 valence electrons. The van der Waals surface area contributed by atoms with Crippen molar-refractivity contribution < 1.29 is 0 Å². The minimum Gasteiger partial charge on any atom is -0.316 e. The number of aromatic nitrogens is 4. The summed E-state index contributed by atoms with van der Waals surface area (Å²) in [5, 5.41) is 6.06. The molecule has 4 nitrogen and oxygen atoms in total. The quantitative estimate of drug-likeness (QED) is 0.197. The second-order valence-electron chi connectivity index (χ2n) is 12.1. The molecule has 0 amide bonds. The van der Waals surface area contributed by atoms with Crippen molar-refractivity contribution in [2.45, 2.75) is 0 Å². The molecular weight excluding hydrogens is 573 g/mol. The van der Waals surface area contributed by atoms with Crippen LogP contribution < -0.4 is 0 Å². The third-order valence-corrected chi connectivity index (χ3v) is 9.52. The maximum absolute atomic E-state index is 5.12. The van der Waals surface area contributed by atoms with Crippen molar-refractivity contribution in [3.63, 3.8) is 0 Å². The molecule has 0 fully saturated rings. The third-order valence-electron chi connectivity index (χ3n) is 9.52. The van der Waals surface area contributed by atoms with Crippen LogP contribution in [0.2, 0.25) is 0 Å². The Morgan fingerprint density at radius 2 is 1.04 bits per heavy atom. The molecule has 0 aliphatic heterocycles. The summed E-state index contributed by atoms with van der Waals surface area (Å²) in [6.45, 7) is 0. The predicted octanol–water partition coefficient (Wildman–Crippen LogP) is 10.9. The number of nitrogens with zero attached hydrogens (tertiary/aromatic N) is 4. The molecule has 4 heteroatoms. The molecule has 4 aromatic heterocycles. The minimum absolute atomic E-state index is 0.899. The number of rotatable bonds is 4. The van der Waals surface area contributed by atoms with Crippen LogP contribution in [-0.2, 0) is 0 Å². The van der Waals surface area contributed by atoms with E-state index in [0.29, 0.717) is 0 Å². The van der Waals surface area contributed by atoms with E-state index in [-0.39, 0.29) is 0 Å². The van der Waals surface area contributed by atoms with Gasteiger partial charge < -0.3 is 9.13 Å². The van der Waals surface area contributed by atoms with E-state index >= 15 is 0 Å². The van der Waals surface area contributed by atoms with Crippen LogP contribution in [0.15, 0.2) is 170 Å². The van der Waals surface area contributed by atoms with Gasteiger partial charge in [-0.3, -0.25) is 4.57 Å². The van der Waals surface area contributed by atoms with Crippen LogP contribution in [0.25, 0.3) is 82.8 Å². The second-order valence-corrected chi connectivity index (χ2v) is 12.1. The highest BCUT2D eigenvalue weighted by Crippen LogP contribution is 2.42. The molecule has 0 saturated heterocycles. The molecule has 0 unspecified atom stereocenters. The van der Waals surface area contributed by atoms with Crippen LogP contribution in [0.4, 0.5) is 0 Å². The monoisotopic (exact) mass is 600 g/mol. The van der Waals surface area contributed by atoms with E-state index in [1.165, 1.54) is 38.0 Å². The van der Waals surface area contributed by atoms with Gasteiger partial charge in [-0.2, -0.15) is 0 Å². The summed E-state index contributed by atoms with van der Waals surface area (Å²) in [7, 11) is 0. The molecule has 0 atom stereocenters. The molecule has 0 bridgehead atoms. The Balaban J connectivity index is 1.32. The molecule has 6 aromatic carbocycles. The van der Waals surface area contributed by atoms with Crippen LogP contribution in [0.5, 0.6) is 0 Å². The standard InChI is InChI=1S/C43H28N4/c1-4-12-29(13-5-1)30-20-23-42(44-28-30)47-41-26-36-33-18-10-11-19-39(33)46(32-16-8-3-9-17-32)40(36)27-37(41)34-21-22-38-35(43(34)47)24-25-45(38)31-14-6-2-7-15-31/h1-28H. The Kier molecular flexibility index (Phi) is 5.54. The summed E-state index contributed by atoms with van der Waals surface area (Å²) in [5.41, 5.74) is 10.4. The zero-order chi connectivity index (χ0) is 30.9. The molecule has 0 N–H and O–H groups in total. The molecule has 4 heterocycles. The first kappa shape index (κ1) is 25.9. The zero-order valence-electron chi connectivity index (χ0n) is 25.5. The summed E-state index contributed by atoms with van der Waals surface area (Å²) in [6, 6.07) is 56.3. The molecule has 0 spiro atoms. The maximum Gasteiger partial charge on any atom is 0.137 e. The molecule has 0 radical (unpaired) electrons. The average molecular weight is 601 g/mol. The van der Waals surface area contributed by atoms with Gasteiger partial charge in [0.05, 0.1) is 27.6 Å². The number of pyridine rings is 1. The Morgan fingerprint density at radius 3 is 1.79 bits per heavy atom. The van der Waals surface area contributed by atoms with Crippen LogP contribution >= 0.6 is 0 Å². The van der Waals surface area contributed by atoms with Crippen molar-refractivity contribution in [1.82, 2.24) is 18.7 Å². The highest BCUT2D eigenvalue weighted by atomic mass is 15.1. The summed E-state index contributed by atoms with van der Waals surface area (Å²) in [4.78, 5) is 5.12. The van der Waals surface area contributed by atoms with Crippen molar-refractivity contribution in [2.75, 3.05) is 0 Å². The first-order valence-electron chi connectivity index (χ1n) is 16.0. The van der Waals surface area contributed by atoms with E-state index < -0.39 is 0 Å². The van der Waals surface area contributed by atoms with Gasteiger partial charge in [0.1, 0.15) is 5.82 Å². The topological polar surface area (TPSA) is 27.7 Å². The first-order valence-corrected chi connectivity index (χ1v) is 16.0. The second kappa shape index (κ2) is 10.1. The van der Waals surface area contributed by atoms with Crippen LogP contribution in [-0.4, -0.2) is 18.7 Å². The summed E-state index contributed by atoms with van der Waals surface area (Å²) >= 11 is 0. The van der Waals surface area contributed by atoms with Gasteiger partial charge in [-0.25, -0.2) is 4.98 Å². The molecule has 0 aliphatic carbocycles. The molecule has 10 rings (SSSR count). The smallest absolute Gasteiger partial charge is 0.137 e. The van der Waals surface area contributed by atoms with Gasteiger partial charge in [0.25, 0.3) is 0 Å². The summed E-state index contributed by atoms with van der Waals surface area (Å²) in [6.07, 6.45) is 4.18. The van der Waals surface area contributed by atoms with Crippen LogP contribution in [0, 0.1) is 0 Å². The van der Waals surface area contributed by atoms with Crippen LogP contribution in [0.1, 0.15) is 0 Å². The summed E-state index contributed by atoms with van der Waals surface area (Å²) < 4.78 is 7.03. The Hall–Kier alpha value is -6.39. The fourth-order valence-electron chi connectivity index (χ4n) is 7.41. The third kappa shape index (κ3) is 3.85. The summed E-state index contributed by atoms with van der Waals surface area (Å²) in [5.74, 6) is 0.899. The largest absolute Gasteiger partial charge is 0.316 e. The van der Waals surface area contributed by atoms with Gasteiger partial charge in [0.15, 0.2) is 0 Å². The molecule has 0 saturated carbocycles. The maximum atomic E-state index is 5.12. The van der Waals surface area contributed by atoms with E-state index in [9.17, 15) is 0 Å². The number of fused-ring (bicyclic) bond motifs is 8. The normalized spacial score (nSPS) is 11.8. The highest BCUT2D eigenvalue weighted by Gasteiger charge is 2.21. The Bertz CT molecular complexity index is 2750. The SMILES string of the molecule is c1ccc(-c2ccc(-n3c4cc5c6ccccc6n(-c6ccccc6)c5cc4c4ccc5c(ccn5-c5ccccc5)c43)nc2)cc1. The highest BCUT2D eigenvalue weighted by molar-refractivity contribution is 6.23. The van der Waals surface area contributed by atoms with E-state index in [1.54, 1.807) is 0 Å². The number of benzene rings is 6. The van der Waals surface area contributed by atoms with Crippen molar-refractivity contribution in [1.29, 1.82) is 0 Å². The number of hydrogen-bond acceptors (Lipinski definition) is 1. The van der Waals surface area contributed by atoms with Crippen molar-refractivity contribution in [3.05, 3.63) is 170 Å². The fourth-order valence-corrected chi connectivity index (χ4v) is 7.41. The van der Waals surface area contributed by atoms with Gasteiger partial charge in [0.2, 0.25) is 0 Å². The van der Waals surface area contributed by atoms with Gasteiger partial charge in [0, 0.05) is 56.3 Å². The first-order chi connectivity index (χ1) is 23.3. The molecule has 10 aromatic rings. The average Bonchev–Trinajstić information content (AvgIpc) is 3.82. The lowest BCUT2D eigenvalue weighted by molar-refractivity contribution is 1.08.